The van der Waals surface area contributed by atoms with Gasteiger partial charge in [-0.2, -0.15) is 0 Å². The fourth-order valence-corrected chi connectivity index (χ4v) is 4.83. The van der Waals surface area contributed by atoms with Gasteiger partial charge >= 0.3 is 6.03 Å². The summed E-state index contributed by atoms with van der Waals surface area (Å²) in [4.78, 5) is 27.4. The van der Waals surface area contributed by atoms with Gasteiger partial charge in [0.2, 0.25) is 0 Å². The van der Waals surface area contributed by atoms with E-state index >= 15 is 0 Å². The van der Waals surface area contributed by atoms with Crippen LogP contribution in [-0.4, -0.2) is 43.6 Å². The van der Waals surface area contributed by atoms with Gasteiger partial charge in [0.25, 0.3) is 5.91 Å². The Morgan fingerprint density at radius 2 is 2.00 bits per heavy atom. The van der Waals surface area contributed by atoms with Gasteiger partial charge in [0, 0.05) is 24.2 Å². The second-order valence-electron chi connectivity index (χ2n) is 7.11. The van der Waals surface area contributed by atoms with E-state index in [0.29, 0.717) is 21.3 Å². The number of likely N-dealkylation sites (N-methyl/N-ethyl adjacent to an activating group) is 1. The van der Waals surface area contributed by atoms with Crippen LogP contribution in [0.4, 0.5) is 15.5 Å². The Balaban J connectivity index is 1.87. The first kappa shape index (κ1) is 19.7. The lowest BCUT2D eigenvalue weighted by Crippen LogP contribution is -2.47. The number of fused-ring (bicyclic) bond motifs is 1. The Labute approximate surface area is 168 Å². The fourth-order valence-electron chi connectivity index (χ4n) is 3.29. The number of amides is 3. The highest BCUT2D eigenvalue weighted by atomic mass is 35.5. The van der Waals surface area contributed by atoms with Gasteiger partial charge in [0.1, 0.15) is 11.5 Å². The summed E-state index contributed by atoms with van der Waals surface area (Å²) < 4.78 is 0.920. The van der Waals surface area contributed by atoms with E-state index in [1.165, 1.54) is 16.2 Å². The van der Waals surface area contributed by atoms with Crippen molar-refractivity contribution in [3.8, 4) is 0 Å². The number of carbonyl (C=O) groups is 2. The predicted octanol–water partition coefficient (Wildman–Crippen LogP) is 3.69. The lowest BCUT2D eigenvalue weighted by atomic mass is 10.0. The zero-order valence-electron chi connectivity index (χ0n) is 15.7. The second kappa shape index (κ2) is 7.50. The highest BCUT2D eigenvalue weighted by Gasteiger charge is 2.33. The van der Waals surface area contributed by atoms with Gasteiger partial charge in [-0.25, -0.2) is 4.79 Å². The van der Waals surface area contributed by atoms with Crippen LogP contribution in [0.1, 0.15) is 27.7 Å². The molecular formula is C19H24ClN4O2S+. The monoisotopic (exact) mass is 407 g/mol. The average molecular weight is 408 g/mol. The smallest absolute Gasteiger partial charge is 0.326 e. The van der Waals surface area contributed by atoms with E-state index in [0.717, 1.165) is 41.0 Å². The number of nitrogens with two attached hydrogens (primary N) is 1. The van der Waals surface area contributed by atoms with Crippen LogP contribution in [0.5, 0.6) is 0 Å². The van der Waals surface area contributed by atoms with Crippen LogP contribution < -0.4 is 16.0 Å². The van der Waals surface area contributed by atoms with E-state index in [1.807, 2.05) is 0 Å². The van der Waals surface area contributed by atoms with Crippen LogP contribution in [0, 0.1) is 0 Å². The van der Waals surface area contributed by atoms with Crippen molar-refractivity contribution in [3.05, 3.63) is 45.3 Å². The number of anilines is 2. The van der Waals surface area contributed by atoms with E-state index in [4.69, 9.17) is 17.3 Å². The zero-order valence-corrected chi connectivity index (χ0v) is 17.3. The number of primary amides is 1. The summed E-state index contributed by atoms with van der Waals surface area (Å²) in [5.74, 6) is -0.496. The van der Waals surface area contributed by atoms with Gasteiger partial charge in [-0.3, -0.25) is 15.0 Å². The fraction of sp³-hybridized carbons (Fsp3) is 0.368. The van der Waals surface area contributed by atoms with Crippen molar-refractivity contribution >= 4 is 45.6 Å². The number of nitrogens with one attached hydrogen (secondary N) is 1. The standard InChI is InChI=1S/C19H23ClN4O2S/c1-4-24(3)10-9-14-15(11-24)27-18(16(14)17(21)25)22-19(26)23(2)13-7-5-12(20)6-8-13/h5-8H,4,9-11H2,1-3H3,(H2-,21,22,25,26)/p+1. The molecule has 144 valence electrons. The molecule has 0 aliphatic carbocycles. The molecule has 1 unspecified atom stereocenters. The van der Waals surface area contributed by atoms with Crippen molar-refractivity contribution in [2.75, 3.05) is 37.4 Å². The topological polar surface area (TPSA) is 75.4 Å². The Morgan fingerprint density at radius 3 is 2.59 bits per heavy atom. The van der Waals surface area contributed by atoms with Crippen LogP contribution in [0.15, 0.2) is 24.3 Å². The van der Waals surface area contributed by atoms with Gasteiger partial charge < -0.3 is 10.2 Å². The second-order valence-corrected chi connectivity index (χ2v) is 8.65. The molecular weight excluding hydrogens is 384 g/mol. The number of hydrogen-bond acceptors (Lipinski definition) is 3. The maximum atomic E-state index is 12.7. The lowest BCUT2D eigenvalue weighted by molar-refractivity contribution is -0.922. The molecule has 2 heterocycles. The van der Waals surface area contributed by atoms with Gasteiger partial charge in [-0.05, 0) is 36.8 Å². The first-order chi connectivity index (χ1) is 12.7. The molecule has 3 N–H and O–H groups in total. The molecule has 27 heavy (non-hydrogen) atoms. The Hall–Kier alpha value is -2.09. The molecule has 0 radical (unpaired) electrons. The van der Waals surface area contributed by atoms with Gasteiger partial charge in [-0.15, -0.1) is 11.3 Å². The van der Waals surface area contributed by atoms with E-state index < -0.39 is 5.91 Å². The summed E-state index contributed by atoms with van der Waals surface area (Å²) in [6.07, 6.45) is 0.789. The van der Waals surface area contributed by atoms with Gasteiger partial charge in [-0.1, -0.05) is 11.6 Å². The molecule has 1 aliphatic heterocycles. The maximum Gasteiger partial charge on any atom is 0.326 e. The third kappa shape index (κ3) is 3.95. The molecule has 0 bridgehead atoms. The minimum Gasteiger partial charge on any atom is -0.365 e. The minimum absolute atomic E-state index is 0.328. The minimum atomic E-state index is -0.496. The Morgan fingerprint density at radius 1 is 1.33 bits per heavy atom. The van der Waals surface area contributed by atoms with E-state index in [1.54, 1.807) is 31.3 Å². The third-order valence-corrected chi connectivity index (χ3v) is 6.65. The molecule has 0 fully saturated rings. The molecule has 1 aromatic heterocycles. The summed E-state index contributed by atoms with van der Waals surface area (Å²) >= 11 is 7.36. The Bertz CT molecular complexity index is 881. The molecule has 1 atom stereocenters. The van der Waals surface area contributed by atoms with Crippen LogP contribution >= 0.6 is 22.9 Å². The highest BCUT2D eigenvalue weighted by molar-refractivity contribution is 7.17. The van der Waals surface area contributed by atoms with Gasteiger partial charge in [0.05, 0.1) is 30.6 Å². The summed E-state index contributed by atoms with van der Waals surface area (Å²) in [7, 11) is 3.88. The lowest BCUT2D eigenvalue weighted by Gasteiger charge is -2.36. The molecule has 3 amide bonds. The molecule has 3 rings (SSSR count). The van der Waals surface area contributed by atoms with Crippen LogP contribution in [0.3, 0.4) is 0 Å². The summed E-state index contributed by atoms with van der Waals surface area (Å²) in [6, 6.07) is 6.65. The first-order valence-electron chi connectivity index (χ1n) is 8.82. The van der Waals surface area contributed by atoms with E-state index in [9.17, 15) is 9.59 Å². The molecule has 2 aromatic rings. The SMILES string of the molecule is CC[N+]1(C)CCc2c(sc(NC(=O)N(C)c3ccc(Cl)cc3)c2C(N)=O)C1. The third-order valence-electron chi connectivity index (χ3n) is 5.27. The Kier molecular flexibility index (Phi) is 5.46. The number of quaternary nitrogens is 1. The van der Waals surface area contributed by atoms with Crippen LogP contribution in [-0.2, 0) is 13.0 Å². The van der Waals surface area contributed by atoms with Crippen molar-refractivity contribution in [2.24, 2.45) is 5.73 Å². The summed E-state index contributed by atoms with van der Waals surface area (Å²) in [6.45, 7) is 4.99. The predicted molar refractivity (Wildman–Crippen MR) is 111 cm³/mol. The molecule has 0 saturated heterocycles. The molecule has 8 heteroatoms. The zero-order chi connectivity index (χ0) is 19.8. The summed E-state index contributed by atoms with van der Waals surface area (Å²) in [5.41, 5.74) is 7.79. The highest BCUT2D eigenvalue weighted by Crippen LogP contribution is 2.38. The molecule has 1 aromatic carbocycles. The van der Waals surface area contributed by atoms with Crippen molar-refractivity contribution in [1.82, 2.24) is 0 Å². The summed E-state index contributed by atoms with van der Waals surface area (Å²) in [5, 5.41) is 4.01. The van der Waals surface area contributed by atoms with Crippen molar-refractivity contribution in [2.45, 2.75) is 19.9 Å². The number of carbonyl (C=O) groups excluding carboxylic acids is 2. The van der Waals surface area contributed by atoms with Crippen molar-refractivity contribution < 1.29 is 14.1 Å². The largest absolute Gasteiger partial charge is 0.365 e. The van der Waals surface area contributed by atoms with Crippen LogP contribution in [0.2, 0.25) is 5.02 Å². The average Bonchev–Trinajstić information content (AvgIpc) is 2.98. The number of thiophene rings is 1. The van der Waals surface area contributed by atoms with Crippen LogP contribution in [0.25, 0.3) is 0 Å². The van der Waals surface area contributed by atoms with E-state index in [-0.39, 0.29) is 6.03 Å². The number of hydrogen-bond donors (Lipinski definition) is 2. The van der Waals surface area contributed by atoms with Crippen molar-refractivity contribution in [1.29, 1.82) is 0 Å². The maximum absolute atomic E-state index is 12.7. The number of rotatable bonds is 4. The molecule has 0 spiro atoms. The number of benzene rings is 1. The number of nitrogens with zero attached hydrogens (tertiary/aromatic N) is 2. The number of halogens is 1. The van der Waals surface area contributed by atoms with E-state index in [2.05, 4.69) is 19.3 Å². The quantitative estimate of drug-likeness (QED) is 0.758. The molecule has 0 saturated carbocycles. The normalized spacial score (nSPS) is 18.7. The molecule has 6 nitrogen and oxygen atoms in total. The van der Waals surface area contributed by atoms with Gasteiger partial charge in [0.15, 0.2) is 0 Å². The van der Waals surface area contributed by atoms with Crippen molar-refractivity contribution in [3.63, 3.8) is 0 Å². The first-order valence-corrected chi connectivity index (χ1v) is 10.0. The molecule has 1 aliphatic rings. The number of urea groups is 1.